The molecule has 0 unspecified atom stereocenters. The molecule has 5 rings (SSSR count). The molecule has 4 heterocycles. The van der Waals surface area contributed by atoms with Crippen molar-refractivity contribution in [2.75, 3.05) is 18.0 Å². The molecule has 1 fully saturated rings. The molecule has 1 aliphatic rings. The van der Waals surface area contributed by atoms with Gasteiger partial charge in [-0.25, -0.2) is 4.98 Å². The molecule has 3 aromatic heterocycles. The minimum atomic E-state index is -4.26. The Kier molecular flexibility index (Phi) is 6.73. The van der Waals surface area contributed by atoms with Crippen LogP contribution in [0, 0.1) is 5.41 Å². The van der Waals surface area contributed by atoms with Crippen molar-refractivity contribution in [1.82, 2.24) is 20.2 Å². The average Bonchev–Trinajstić information content (AvgIpc) is 3.24. The van der Waals surface area contributed by atoms with E-state index in [-0.39, 0.29) is 0 Å². The lowest BCUT2D eigenvalue weighted by atomic mass is 9.72. The maximum Gasteiger partial charge on any atom is 0.331 e. The van der Waals surface area contributed by atoms with E-state index in [1.54, 1.807) is 20.0 Å². The molecule has 0 saturated carbocycles. The van der Waals surface area contributed by atoms with Gasteiger partial charge in [-0.1, -0.05) is 30.1 Å². The van der Waals surface area contributed by atoms with E-state index in [1.165, 1.54) is 12.4 Å². The Bertz CT molecular complexity index is 1530. The molecule has 3 N–H and O–H groups in total. The first-order valence-corrected chi connectivity index (χ1v) is 14.4. The number of rotatable bonds is 7. The number of benzene rings is 1. The Hall–Kier alpha value is -2.68. The quantitative estimate of drug-likeness (QED) is 0.221. The Morgan fingerprint density at radius 2 is 1.82 bits per heavy atom. The fourth-order valence-electron chi connectivity index (χ4n) is 4.77. The number of hydrogen-bond donors (Lipinski definition) is 3. The van der Waals surface area contributed by atoms with Crippen LogP contribution in [0.3, 0.4) is 0 Å². The van der Waals surface area contributed by atoms with Crippen LogP contribution in [0.1, 0.15) is 39.4 Å². The fraction of sp³-hybridized carbons (Fsp3) is 0.346. The van der Waals surface area contributed by atoms with Gasteiger partial charge < -0.3 is 19.4 Å². The molecule has 12 heteroatoms. The molecular formula is C26H28Cl2N5O4P. The highest BCUT2D eigenvalue weighted by atomic mass is 35.5. The van der Waals surface area contributed by atoms with Crippen LogP contribution in [0.15, 0.2) is 48.9 Å². The number of ether oxygens (including phenoxy) is 1. The van der Waals surface area contributed by atoms with E-state index in [0.29, 0.717) is 34.4 Å². The first-order chi connectivity index (χ1) is 17.8. The number of pyridine rings is 2. The van der Waals surface area contributed by atoms with Gasteiger partial charge in [-0.3, -0.25) is 14.6 Å². The normalized spacial score (nSPS) is 16.4. The molecule has 4 aromatic rings. The van der Waals surface area contributed by atoms with Gasteiger partial charge in [-0.2, -0.15) is 5.10 Å². The molecule has 0 aliphatic carbocycles. The lowest BCUT2D eigenvalue weighted by Gasteiger charge is -2.56. The van der Waals surface area contributed by atoms with Crippen molar-refractivity contribution in [1.29, 1.82) is 0 Å². The lowest BCUT2D eigenvalue weighted by molar-refractivity contribution is 0.151. The minimum absolute atomic E-state index is 0.399. The molecule has 200 valence electrons. The average molecular weight is 576 g/mol. The maximum atomic E-state index is 12.0. The smallest absolute Gasteiger partial charge is 0.331 e. The molecule has 1 atom stereocenters. The second-order valence-corrected chi connectivity index (χ2v) is 13.5. The maximum absolute atomic E-state index is 12.0. The number of nitrogens with zero attached hydrogens (tertiary/aromatic N) is 4. The summed E-state index contributed by atoms with van der Waals surface area (Å²) in [6.07, 6.45) is 4.43. The molecule has 0 spiro atoms. The lowest BCUT2D eigenvalue weighted by Crippen LogP contribution is -2.64. The number of H-pyrrole nitrogens is 1. The highest BCUT2D eigenvalue weighted by molar-refractivity contribution is 7.53. The van der Waals surface area contributed by atoms with E-state index in [9.17, 15) is 14.4 Å². The van der Waals surface area contributed by atoms with Gasteiger partial charge in [0.25, 0.3) is 0 Å². The van der Waals surface area contributed by atoms with Gasteiger partial charge in [0.15, 0.2) is 0 Å². The number of anilines is 1. The van der Waals surface area contributed by atoms with Crippen molar-refractivity contribution in [3.8, 4) is 17.0 Å². The second-order valence-electron chi connectivity index (χ2n) is 10.5. The van der Waals surface area contributed by atoms with Gasteiger partial charge in [-0.05, 0) is 51.1 Å². The van der Waals surface area contributed by atoms with Crippen LogP contribution in [0.5, 0.6) is 5.75 Å². The van der Waals surface area contributed by atoms with E-state index >= 15 is 0 Å². The molecule has 0 amide bonds. The molecule has 1 aliphatic heterocycles. The summed E-state index contributed by atoms with van der Waals surface area (Å²) in [5.74, 6) is 1.38. The Morgan fingerprint density at radius 1 is 1.13 bits per heavy atom. The largest absolute Gasteiger partial charge is 0.486 e. The van der Waals surface area contributed by atoms with Crippen molar-refractivity contribution in [2.45, 2.75) is 39.0 Å². The van der Waals surface area contributed by atoms with E-state index in [2.05, 4.69) is 20.2 Å². The van der Waals surface area contributed by atoms with Crippen molar-refractivity contribution >= 4 is 47.5 Å². The third-order valence-corrected chi connectivity index (χ3v) is 10.4. The SMILES string of the molecule is C[C@@H](Oc1ccc2[nH]nc(-c3ccc(N4CC(C)(C(C)(C)P(=O)(O)O)C4)nc3)c2c1)c1c(Cl)cncc1Cl. The summed E-state index contributed by atoms with van der Waals surface area (Å²) in [4.78, 5) is 30.3. The molecule has 1 saturated heterocycles. The van der Waals surface area contributed by atoms with Crippen molar-refractivity contribution in [3.05, 3.63) is 64.5 Å². The molecular weight excluding hydrogens is 548 g/mol. The highest BCUT2D eigenvalue weighted by Crippen LogP contribution is 2.61. The summed E-state index contributed by atoms with van der Waals surface area (Å²) in [6.45, 7) is 8.05. The summed E-state index contributed by atoms with van der Waals surface area (Å²) in [5.41, 5.74) is 2.55. The summed E-state index contributed by atoms with van der Waals surface area (Å²) in [5, 5.41) is 8.16. The van der Waals surface area contributed by atoms with Gasteiger partial charge in [0.05, 0.1) is 20.7 Å². The van der Waals surface area contributed by atoms with E-state index in [0.717, 1.165) is 28.0 Å². The zero-order valence-corrected chi connectivity index (χ0v) is 23.7. The fourth-order valence-corrected chi connectivity index (χ4v) is 6.29. The molecule has 9 nitrogen and oxygen atoms in total. The van der Waals surface area contributed by atoms with Crippen molar-refractivity contribution < 1.29 is 19.1 Å². The van der Waals surface area contributed by atoms with Crippen LogP contribution in [0.2, 0.25) is 10.0 Å². The number of aromatic nitrogens is 4. The summed E-state index contributed by atoms with van der Waals surface area (Å²) in [7, 11) is -4.26. The predicted molar refractivity (Wildman–Crippen MR) is 149 cm³/mol. The zero-order valence-electron chi connectivity index (χ0n) is 21.3. The van der Waals surface area contributed by atoms with E-state index < -0.39 is 24.3 Å². The number of fused-ring (bicyclic) bond motifs is 1. The Labute approximate surface area is 230 Å². The predicted octanol–water partition coefficient (Wildman–Crippen LogP) is 6.25. The third kappa shape index (κ3) is 4.56. The van der Waals surface area contributed by atoms with Gasteiger partial charge in [0.1, 0.15) is 23.4 Å². The standard InChI is InChI=1S/C26H28Cl2N5O4P/c1-15(23-19(27)11-29-12-20(23)28)37-17-6-7-21-18(9-17)24(32-31-21)16-5-8-22(30-10-16)33-13-26(4,14-33)25(2,3)38(34,35)36/h5-12,15H,13-14H2,1-4H3,(H,31,32)(H2,34,35,36)/t15-/m1/s1. The van der Waals surface area contributed by atoms with Crippen LogP contribution in [0.4, 0.5) is 5.82 Å². The highest BCUT2D eigenvalue weighted by Gasteiger charge is 2.58. The molecule has 1 aromatic carbocycles. The van der Waals surface area contributed by atoms with Crippen LogP contribution in [-0.2, 0) is 4.57 Å². The number of aromatic amines is 1. The number of hydrogen-bond acceptors (Lipinski definition) is 6. The second kappa shape index (κ2) is 9.50. The summed E-state index contributed by atoms with van der Waals surface area (Å²) in [6, 6.07) is 9.50. The van der Waals surface area contributed by atoms with Crippen molar-refractivity contribution in [3.63, 3.8) is 0 Å². The molecule has 0 bridgehead atoms. The topological polar surface area (TPSA) is 124 Å². The number of nitrogens with one attached hydrogen (secondary N) is 1. The van der Waals surface area contributed by atoms with Crippen LogP contribution >= 0.6 is 30.8 Å². The first kappa shape index (κ1) is 26.9. The first-order valence-electron chi connectivity index (χ1n) is 12.0. The van der Waals surface area contributed by atoms with Crippen LogP contribution in [0.25, 0.3) is 22.2 Å². The van der Waals surface area contributed by atoms with Gasteiger partial charge >= 0.3 is 7.60 Å². The number of halogens is 2. The van der Waals surface area contributed by atoms with Gasteiger partial charge in [0.2, 0.25) is 0 Å². The van der Waals surface area contributed by atoms with Crippen molar-refractivity contribution in [2.24, 2.45) is 5.41 Å². The van der Waals surface area contributed by atoms with E-state index in [1.807, 2.05) is 49.1 Å². The Morgan fingerprint density at radius 3 is 2.42 bits per heavy atom. The molecule has 38 heavy (non-hydrogen) atoms. The van der Waals surface area contributed by atoms with Crippen LogP contribution in [-0.4, -0.2) is 48.2 Å². The zero-order chi connectivity index (χ0) is 27.5. The van der Waals surface area contributed by atoms with Crippen LogP contribution < -0.4 is 9.64 Å². The summed E-state index contributed by atoms with van der Waals surface area (Å²) < 4.78 is 18.2. The van der Waals surface area contributed by atoms with Gasteiger partial charge in [0, 0.05) is 53.6 Å². The monoisotopic (exact) mass is 575 g/mol. The Balaban J connectivity index is 1.35. The molecule has 0 radical (unpaired) electrons. The van der Waals surface area contributed by atoms with E-state index in [4.69, 9.17) is 27.9 Å². The summed E-state index contributed by atoms with van der Waals surface area (Å²) >= 11 is 12.6. The van der Waals surface area contributed by atoms with Gasteiger partial charge in [-0.15, -0.1) is 0 Å². The third-order valence-electron chi connectivity index (χ3n) is 7.77. The minimum Gasteiger partial charge on any atom is -0.486 e.